The molecule has 7 rings (SSSR count). The minimum atomic E-state index is -2.02. The van der Waals surface area contributed by atoms with E-state index in [2.05, 4.69) is 15.0 Å². The number of aromatic nitrogens is 2. The Labute approximate surface area is 499 Å². The Kier molecular flexibility index (Phi) is 23.9. The first-order valence-electron chi connectivity index (χ1n) is 28.0. The van der Waals surface area contributed by atoms with Crippen molar-refractivity contribution in [3.63, 3.8) is 0 Å². The molecule has 0 bridgehead atoms. The van der Waals surface area contributed by atoms with Crippen molar-refractivity contribution in [3.05, 3.63) is 153 Å². The SMILES string of the molecule is COc1ccc(C(OC[C@H]2O[C@@H](n3cc(NC(=O)COc4ccccc4)c(=O)[nH]c3=O)C[C@@H]2OP(OCCCO[C@@H]2O[C@H](COC(C)=O)[C@@H](OC(C)=O)[C@H](OC(C)=O)[C@H]2OC(C)=O)N(C(C)C)C(C)C)(c2ccccc2)c2ccc(OC)cc2)cc1. The maximum absolute atomic E-state index is 13.9. The first-order chi connectivity index (χ1) is 41.2. The standard InChI is InChI=1S/C61H75N4O20P/c1-37(2)65(38(3)4)86(79-31-17-30-75-59-57(82-42(8)69)56(81-41(7)68)55(80-40(6)67)52(84-59)34-76-39(5)66)85-50-32-54(64-33-49(58(71)63-60(64)72)62-53(70)36-77-48-20-15-12-16-21-48)83-51(50)35-78-61(43-18-13-11-14-19-43,44-22-26-46(73-9)27-23-44)45-24-28-47(74-10)29-25-45/h11-16,18-29,33,37-38,50-52,54-57,59H,17,30-32,34-36H2,1-10H3,(H,62,70)(H,63,71,72)/t50-,51+,52+,54+,55+,56-,57+,59+,86?/m0/s1. The molecule has 24 nitrogen and oxygen atoms in total. The van der Waals surface area contributed by atoms with Crippen LogP contribution in [0.1, 0.15) is 91.1 Å². The Morgan fingerprint density at radius 2 is 1.23 bits per heavy atom. The van der Waals surface area contributed by atoms with Gasteiger partial charge in [-0.2, -0.15) is 0 Å². The van der Waals surface area contributed by atoms with Gasteiger partial charge in [0, 0.05) is 52.4 Å². The Morgan fingerprint density at radius 3 is 1.79 bits per heavy atom. The number of H-pyrrole nitrogens is 1. The van der Waals surface area contributed by atoms with E-state index in [0.717, 1.165) is 37.5 Å². The number of hydrogen-bond acceptors (Lipinski definition) is 21. The molecule has 1 unspecified atom stereocenters. The molecule has 5 aromatic rings. The van der Waals surface area contributed by atoms with E-state index >= 15 is 0 Å². The molecule has 86 heavy (non-hydrogen) atoms. The van der Waals surface area contributed by atoms with Gasteiger partial charge in [-0.05, 0) is 87.2 Å². The van der Waals surface area contributed by atoms with E-state index in [9.17, 15) is 33.6 Å². The number of carbonyl (C=O) groups is 5. The van der Waals surface area contributed by atoms with Crippen molar-refractivity contribution in [1.29, 1.82) is 0 Å². The van der Waals surface area contributed by atoms with Crippen LogP contribution in [0.25, 0.3) is 0 Å². The van der Waals surface area contributed by atoms with Crippen molar-refractivity contribution in [2.24, 2.45) is 0 Å². The van der Waals surface area contributed by atoms with Gasteiger partial charge in [0.2, 0.25) is 0 Å². The average Bonchev–Trinajstić information content (AvgIpc) is 1.14. The van der Waals surface area contributed by atoms with Gasteiger partial charge in [-0.3, -0.25) is 38.3 Å². The number of hydrogen-bond donors (Lipinski definition) is 2. The summed E-state index contributed by atoms with van der Waals surface area (Å²) in [6.07, 6.45) is -8.44. The van der Waals surface area contributed by atoms with Crippen molar-refractivity contribution >= 4 is 44.0 Å². The molecule has 464 valence electrons. The maximum atomic E-state index is 13.9. The Bertz CT molecular complexity index is 3090. The predicted octanol–water partition coefficient (Wildman–Crippen LogP) is 7.10. The van der Waals surface area contributed by atoms with E-state index in [-0.39, 0.29) is 50.4 Å². The molecule has 2 fully saturated rings. The highest BCUT2D eigenvalue weighted by Crippen LogP contribution is 2.51. The Balaban J connectivity index is 1.21. The van der Waals surface area contributed by atoms with Crippen molar-refractivity contribution in [3.8, 4) is 17.2 Å². The van der Waals surface area contributed by atoms with Crippen LogP contribution in [-0.4, -0.2) is 146 Å². The molecule has 2 aliphatic rings. The fourth-order valence-corrected chi connectivity index (χ4v) is 11.8. The number of ether oxygens (including phenoxy) is 11. The summed E-state index contributed by atoms with van der Waals surface area (Å²) in [6, 6.07) is 33.0. The third kappa shape index (κ3) is 17.3. The predicted molar refractivity (Wildman–Crippen MR) is 311 cm³/mol. The number of esters is 4. The van der Waals surface area contributed by atoms with Gasteiger partial charge in [-0.25, -0.2) is 9.46 Å². The summed E-state index contributed by atoms with van der Waals surface area (Å²) >= 11 is 0. The number of carbonyl (C=O) groups excluding carboxylic acids is 5. The molecule has 4 aromatic carbocycles. The van der Waals surface area contributed by atoms with Gasteiger partial charge >= 0.3 is 29.6 Å². The minimum absolute atomic E-state index is 0.00608. The highest BCUT2D eigenvalue weighted by molar-refractivity contribution is 7.44. The molecule has 0 saturated carbocycles. The first kappa shape index (κ1) is 66.0. The lowest BCUT2D eigenvalue weighted by Crippen LogP contribution is -2.63. The number of methoxy groups -OCH3 is 2. The van der Waals surface area contributed by atoms with Gasteiger partial charge in [-0.15, -0.1) is 0 Å². The van der Waals surface area contributed by atoms with E-state index in [0.29, 0.717) is 17.2 Å². The van der Waals surface area contributed by atoms with Crippen LogP contribution in [0.2, 0.25) is 0 Å². The Hall–Kier alpha value is -7.54. The number of amides is 1. The van der Waals surface area contributed by atoms with E-state index in [1.807, 2.05) is 107 Å². The summed E-state index contributed by atoms with van der Waals surface area (Å²) < 4.78 is 82.3. The molecule has 9 atom stereocenters. The van der Waals surface area contributed by atoms with Crippen molar-refractivity contribution in [2.75, 3.05) is 52.6 Å². The topological polar surface area (TPSA) is 275 Å². The smallest absolute Gasteiger partial charge is 0.330 e. The molecule has 1 amide bonds. The number of anilines is 1. The van der Waals surface area contributed by atoms with Crippen molar-refractivity contribution in [1.82, 2.24) is 14.2 Å². The molecule has 0 spiro atoms. The lowest BCUT2D eigenvalue weighted by Gasteiger charge is -2.44. The van der Waals surface area contributed by atoms with E-state index in [1.165, 1.54) is 17.7 Å². The van der Waals surface area contributed by atoms with Gasteiger partial charge in [0.1, 0.15) is 53.6 Å². The van der Waals surface area contributed by atoms with E-state index in [1.54, 1.807) is 44.6 Å². The summed E-state index contributed by atoms with van der Waals surface area (Å²) in [5.41, 5.74) is -1.00. The maximum Gasteiger partial charge on any atom is 0.330 e. The molecular formula is C61H75N4O20P. The normalized spacial score (nSPS) is 20.7. The van der Waals surface area contributed by atoms with Crippen LogP contribution in [-0.2, 0) is 76.5 Å². The molecular weight excluding hydrogens is 1140 g/mol. The summed E-state index contributed by atoms with van der Waals surface area (Å²) in [5.74, 6) is -2.01. The number of para-hydroxylation sites is 1. The molecule has 25 heteroatoms. The molecule has 0 radical (unpaired) electrons. The number of benzene rings is 4. The van der Waals surface area contributed by atoms with Gasteiger partial charge in [0.25, 0.3) is 20.0 Å². The molecule has 0 aliphatic carbocycles. The summed E-state index contributed by atoms with van der Waals surface area (Å²) in [5, 5.41) is 2.56. The van der Waals surface area contributed by atoms with Crippen LogP contribution in [0.15, 0.2) is 125 Å². The number of nitrogens with zero attached hydrogens (tertiary/aromatic N) is 2. The molecule has 2 N–H and O–H groups in total. The fourth-order valence-electron chi connectivity index (χ4n) is 10.0. The fraction of sp³-hybridized carbons (Fsp3) is 0.459. The number of aromatic amines is 1. The van der Waals surface area contributed by atoms with Gasteiger partial charge in [-0.1, -0.05) is 72.8 Å². The highest BCUT2D eigenvalue weighted by atomic mass is 31.2. The summed E-state index contributed by atoms with van der Waals surface area (Å²) in [4.78, 5) is 92.0. The molecule has 3 heterocycles. The van der Waals surface area contributed by atoms with Gasteiger partial charge in [0.05, 0.1) is 40.1 Å². The van der Waals surface area contributed by atoms with E-state index < -0.39 is 118 Å². The lowest BCUT2D eigenvalue weighted by molar-refractivity contribution is -0.308. The zero-order chi connectivity index (χ0) is 62.1. The van der Waals surface area contributed by atoms with Crippen LogP contribution in [0.5, 0.6) is 17.2 Å². The van der Waals surface area contributed by atoms with Crippen LogP contribution in [0, 0.1) is 0 Å². The number of rotatable bonds is 29. The first-order valence-corrected chi connectivity index (χ1v) is 29.1. The largest absolute Gasteiger partial charge is 0.497 e. The second-order valence-electron chi connectivity index (χ2n) is 20.6. The second-order valence-corrected chi connectivity index (χ2v) is 22.0. The van der Waals surface area contributed by atoms with Crippen molar-refractivity contribution in [2.45, 2.75) is 135 Å². The number of nitrogens with one attached hydrogen (secondary N) is 2. The molecule has 1 aromatic heterocycles. The van der Waals surface area contributed by atoms with Gasteiger partial charge < -0.3 is 66.5 Å². The Morgan fingerprint density at radius 1 is 0.674 bits per heavy atom. The zero-order valence-corrected chi connectivity index (χ0v) is 50.6. The monoisotopic (exact) mass is 1210 g/mol. The zero-order valence-electron chi connectivity index (χ0n) is 49.7. The van der Waals surface area contributed by atoms with Crippen molar-refractivity contribution < 1.29 is 85.1 Å². The van der Waals surface area contributed by atoms with Crippen LogP contribution < -0.4 is 30.8 Å². The third-order valence-corrected chi connectivity index (χ3v) is 15.8. The van der Waals surface area contributed by atoms with Crippen LogP contribution in [0.4, 0.5) is 5.69 Å². The lowest BCUT2D eigenvalue weighted by atomic mass is 9.80. The average molecular weight is 1220 g/mol. The third-order valence-electron chi connectivity index (χ3n) is 13.7. The molecule has 2 aliphatic heterocycles. The molecule has 2 saturated heterocycles. The van der Waals surface area contributed by atoms with Crippen LogP contribution in [0.3, 0.4) is 0 Å². The van der Waals surface area contributed by atoms with Gasteiger partial charge in [0.15, 0.2) is 31.2 Å². The van der Waals surface area contributed by atoms with Crippen LogP contribution >= 0.6 is 8.53 Å². The minimum Gasteiger partial charge on any atom is -0.497 e. The quantitative estimate of drug-likeness (QED) is 0.0159. The highest BCUT2D eigenvalue weighted by Gasteiger charge is 2.53. The second kappa shape index (κ2) is 31.2. The van der Waals surface area contributed by atoms with E-state index in [4.69, 9.17) is 61.2 Å². The summed E-state index contributed by atoms with van der Waals surface area (Å²) in [7, 11) is 1.14. The summed E-state index contributed by atoms with van der Waals surface area (Å²) in [6.45, 7) is 11.4.